The Morgan fingerprint density at radius 2 is 1.50 bits per heavy atom. The van der Waals surface area contributed by atoms with Crippen molar-refractivity contribution < 1.29 is 2.85 Å². The van der Waals surface area contributed by atoms with Crippen molar-refractivity contribution in [3.8, 4) is 0 Å². The lowest BCUT2D eigenvalue weighted by molar-refractivity contribution is 0.700. The summed E-state index contributed by atoms with van der Waals surface area (Å²) in [5, 5.41) is 4.56. The molecule has 0 aliphatic carbocycles. The van der Waals surface area contributed by atoms with Gasteiger partial charge in [0, 0.05) is 2.85 Å². The van der Waals surface area contributed by atoms with Crippen molar-refractivity contribution in [3.63, 3.8) is 0 Å². The molecular formula is C12H34Al2. The highest BCUT2D eigenvalue weighted by atomic mass is 27.1. The van der Waals surface area contributed by atoms with Gasteiger partial charge in [0.1, 0.15) is 0 Å². The monoisotopic (exact) mass is 232 g/mol. The molecule has 0 heterocycles. The summed E-state index contributed by atoms with van der Waals surface area (Å²) < 4.78 is 0. The van der Waals surface area contributed by atoms with E-state index < -0.39 is 0 Å². The van der Waals surface area contributed by atoms with Gasteiger partial charge >= 0.3 is 0 Å². The molecule has 0 rings (SSSR count). The summed E-state index contributed by atoms with van der Waals surface area (Å²) in [6.07, 6.45) is 2.83. The molecule has 0 spiro atoms. The molecule has 0 aliphatic rings. The third-order valence-corrected chi connectivity index (χ3v) is 6.10. The summed E-state index contributed by atoms with van der Waals surface area (Å²) in [5.41, 5.74) is 0. The Hall–Kier alpha value is 1.06. The quantitative estimate of drug-likeness (QED) is 0.609. The van der Waals surface area contributed by atoms with E-state index in [0.29, 0.717) is 15.2 Å². The van der Waals surface area contributed by atoms with E-state index in [-0.39, 0.29) is 2.85 Å². The van der Waals surface area contributed by atoms with Crippen LogP contribution in [0.2, 0.25) is 15.8 Å². The molecule has 2 heteroatoms. The van der Waals surface area contributed by atoms with E-state index in [1.54, 1.807) is 0 Å². The van der Waals surface area contributed by atoms with Gasteiger partial charge in [-0.25, -0.2) is 0 Å². The first-order chi connectivity index (χ1) is 6.54. The molecule has 0 fully saturated rings. The summed E-state index contributed by atoms with van der Waals surface area (Å²) in [5.74, 6) is 1.91. The number of rotatable bonds is 6. The van der Waals surface area contributed by atoms with Crippen molar-refractivity contribution >= 4 is 31.5 Å². The van der Waals surface area contributed by atoms with E-state index in [0.717, 1.165) is 11.8 Å². The summed E-state index contributed by atoms with van der Waals surface area (Å²) in [6.45, 7) is 11.5. The van der Waals surface area contributed by atoms with Gasteiger partial charge in [-0.2, -0.15) is 0 Å². The Balaban J connectivity index is -0.0000000904. The molecule has 0 aliphatic heterocycles. The van der Waals surface area contributed by atoms with Crippen LogP contribution in [0, 0.1) is 11.8 Å². The van der Waals surface area contributed by atoms with Gasteiger partial charge in [-0.3, -0.25) is 0 Å². The van der Waals surface area contributed by atoms with Crippen LogP contribution in [0.4, 0.5) is 0 Å². The largest absolute Gasteiger partial charge is 0.237 e. The summed E-state index contributed by atoms with van der Waals surface area (Å²) in [7, 11) is 0. The molecule has 0 atom stereocenters. The van der Waals surface area contributed by atoms with Gasteiger partial charge in [0.2, 0.25) is 31.5 Å². The Morgan fingerprint density at radius 1 is 1.07 bits per heavy atom. The molecule has 0 unspecified atom stereocenters. The second-order valence-electron chi connectivity index (χ2n) is 5.07. The van der Waals surface area contributed by atoms with Gasteiger partial charge in [0.25, 0.3) is 0 Å². The van der Waals surface area contributed by atoms with Crippen LogP contribution < -0.4 is 0 Å². The van der Waals surface area contributed by atoms with E-state index in [2.05, 4.69) is 34.6 Å². The van der Waals surface area contributed by atoms with Crippen LogP contribution in [0.15, 0.2) is 0 Å². The molecular weight excluding hydrogens is 198 g/mol. The van der Waals surface area contributed by atoms with E-state index in [1.165, 1.54) is 45.0 Å². The van der Waals surface area contributed by atoms with Crippen LogP contribution in [0.1, 0.15) is 50.3 Å². The first kappa shape index (κ1) is 17.5. The molecule has 0 saturated heterocycles. The maximum absolute atomic E-state index is 2.33. The molecule has 14 heavy (non-hydrogen) atoms. The van der Waals surface area contributed by atoms with Gasteiger partial charge in [0.05, 0.1) is 0 Å². The second kappa shape index (κ2) is 14.1. The van der Waals surface area contributed by atoms with Crippen LogP contribution in [0.5, 0.6) is 0 Å². The van der Waals surface area contributed by atoms with Gasteiger partial charge in [-0.15, -0.1) is 5.28 Å². The molecule has 0 aromatic heterocycles. The smallest absolute Gasteiger partial charge is 0.101 e. The van der Waals surface area contributed by atoms with Crippen molar-refractivity contribution in [1.82, 2.24) is 0 Å². The zero-order chi connectivity index (χ0) is 11.4. The predicted molar refractivity (Wildman–Crippen MR) is 78.9 cm³/mol. The van der Waals surface area contributed by atoms with Crippen LogP contribution in [-0.4, -0.2) is 31.5 Å². The first-order valence-electron chi connectivity index (χ1n) is 6.54. The molecule has 0 saturated carbocycles. The van der Waals surface area contributed by atoms with Crippen LogP contribution in [-0.2, 0) is 0 Å². The maximum atomic E-state index is 2.33. The molecule has 0 aromatic carbocycles. The predicted octanol–water partition coefficient (Wildman–Crippen LogP) is 3.90. The fourth-order valence-electron chi connectivity index (χ4n) is 1.29. The first-order valence-corrected chi connectivity index (χ1v) is 9.95. The topological polar surface area (TPSA) is 0 Å². The third-order valence-electron chi connectivity index (χ3n) is 2.27. The Morgan fingerprint density at radius 3 is 1.64 bits per heavy atom. The summed E-state index contributed by atoms with van der Waals surface area (Å²) in [6, 6.07) is 0. The minimum absolute atomic E-state index is 0. The molecule has 0 nitrogen and oxygen atoms in total. The normalized spacial score (nSPS) is 9.93. The molecule has 0 N–H and O–H groups in total. The fourth-order valence-corrected chi connectivity index (χ4v) is 3.86. The second-order valence-corrected chi connectivity index (χ2v) is 7.93. The highest BCUT2D eigenvalue weighted by molar-refractivity contribution is 6.35. The lowest BCUT2D eigenvalue weighted by atomic mass is 10.3. The van der Waals surface area contributed by atoms with Gasteiger partial charge in [-0.1, -0.05) is 69.9 Å². The number of hydrogen-bond acceptors (Lipinski definition) is 0. The van der Waals surface area contributed by atoms with E-state index in [9.17, 15) is 0 Å². The maximum Gasteiger partial charge on any atom is 0.237 e. The lowest BCUT2D eigenvalue weighted by Gasteiger charge is -2.03. The average Bonchev–Trinajstić information content (AvgIpc) is 2.05. The summed E-state index contributed by atoms with van der Waals surface area (Å²) >= 11 is 1.72. The standard InChI is InChI=1S/3C4H9.2Al.2H2.3H/c2*1-4(2)3;1-3-4-2;;;;;;;/h2*4H,1H2,2-3H3;1,3-4H2,2H3;;;2*1H;;;. The van der Waals surface area contributed by atoms with Crippen LogP contribution in [0.25, 0.3) is 0 Å². The molecule has 0 bridgehead atoms. The Bertz CT molecular complexity index is 89.0. The lowest BCUT2D eigenvalue weighted by Crippen LogP contribution is -1.99. The van der Waals surface area contributed by atoms with Crippen molar-refractivity contribution in [2.24, 2.45) is 11.8 Å². The average molecular weight is 232 g/mol. The Labute approximate surface area is 109 Å². The number of unbranched alkanes of at least 4 members (excludes halogenated alkanes) is 1. The van der Waals surface area contributed by atoms with Crippen LogP contribution in [0.3, 0.4) is 0 Å². The van der Waals surface area contributed by atoms with Crippen molar-refractivity contribution in [3.05, 3.63) is 0 Å². The van der Waals surface area contributed by atoms with Gasteiger partial charge < -0.3 is 0 Å². The third kappa shape index (κ3) is 23.1. The fraction of sp³-hybridized carbons (Fsp3) is 1.00. The molecule has 0 aromatic rings. The van der Waals surface area contributed by atoms with Crippen LogP contribution >= 0.6 is 0 Å². The zero-order valence-electron chi connectivity index (χ0n) is 11.4. The highest BCUT2D eigenvalue weighted by Gasteiger charge is 1.99. The van der Waals surface area contributed by atoms with E-state index in [1.807, 2.05) is 0 Å². The van der Waals surface area contributed by atoms with Crippen molar-refractivity contribution in [2.45, 2.75) is 63.3 Å². The minimum atomic E-state index is 0. The van der Waals surface area contributed by atoms with Gasteiger partial charge in [-0.05, 0) is 0 Å². The molecule has 0 amide bonds. The van der Waals surface area contributed by atoms with Crippen molar-refractivity contribution in [2.75, 3.05) is 0 Å². The van der Waals surface area contributed by atoms with E-state index in [4.69, 9.17) is 0 Å². The highest BCUT2D eigenvalue weighted by Crippen LogP contribution is 2.05. The van der Waals surface area contributed by atoms with E-state index >= 15 is 0 Å². The van der Waals surface area contributed by atoms with Crippen molar-refractivity contribution in [1.29, 1.82) is 0 Å². The summed E-state index contributed by atoms with van der Waals surface area (Å²) in [4.78, 5) is 0. The van der Waals surface area contributed by atoms with Gasteiger partial charge in [0.15, 0.2) is 0 Å². The molecule has 88 valence electrons. The SMILES string of the molecule is CC(C)[CH2][AlH][CH2]C(C)C.CCC[CH2][AlH2].[HH].[HH]. The number of hydrogen-bond donors (Lipinski definition) is 0. The Kier molecular flexibility index (Phi) is 17.5. The zero-order valence-corrected chi connectivity index (χ0v) is 14.8. The molecule has 0 radical (unpaired) electrons. The minimum Gasteiger partial charge on any atom is -0.101 e.